The smallest absolute Gasteiger partial charge is 0.248 e. The highest BCUT2D eigenvalue weighted by atomic mass is 16.5. The molecule has 2 heterocycles. The van der Waals surface area contributed by atoms with Gasteiger partial charge in [0.05, 0.1) is 0 Å². The summed E-state index contributed by atoms with van der Waals surface area (Å²) in [6.45, 7) is 0. The Morgan fingerprint density at radius 3 is 1.10 bits per heavy atom. The van der Waals surface area contributed by atoms with Crippen molar-refractivity contribution >= 4 is 0 Å². The van der Waals surface area contributed by atoms with Crippen molar-refractivity contribution in [1.29, 1.82) is 0 Å². The molecule has 1 saturated carbocycles. The number of benzene rings is 4. The molecular formula is C36H32N4O2. The lowest BCUT2D eigenvalue weighted by atomic mass is 9.88. The van der Waals surface area contributed by atoms with Crippen LogP contribution in [0, 0.1) is 10.4 Å². The van der Waals surface area contributed by atoms with Crippen molar-refractivity contribution in [2.45, 2.75) is 37.8 Å². The quantitative estimate of drug-likeness (QED) is 0.158. The summed E-state index contributed by atoms with van der Waals surface area (Å²) in [5.74, 6) is 0. The first-order valence-corrected chi connectivity index (χ1v) is 14.6. The van der Waals surface area contributed by atoms with Crippen LogP contribution < -0.4 is 9.46 Å². The summed E-state index contributed by atoms with van der Waals surface area (Å²) in [6.07, 6.45) is 7.33. The highest BCUT2D eigenvalue weighted by Gasteiger charge is 2.41. The molecule has 2 atom stereocenters. The molecule has 0 spiro atoms. The first-order valence-electron chi connectivity index (χ1n) is 14.6. The van der Waals surface area contributed by atoms with Crippen LogP contribution in [0.25, 0.3) is 45.0 Å². The second-order valence-corrected chi connectivity index (χ2v) is 11.0. The maximum absolute atomic E-state index is 13.7. The molecule has 0 radical (unpaired) electrons. The van der Waals surface area contributed by atoms with Crippen LogP contribution >= 0.6 is 0 Å². The van der Waals surface area contributed by atoms with Crippen LogP contribution in [-0.4, -0.2) is 9.13 Å². The van der Waals surface area contributed by atoms with E-state index in [1.165, 1.54) is 0 Å². The summed E-state index contributed by atoms with van der Waals surface area (Å²) in [5.41, 5.74) is 6.85. The lowest BCUT2D eigenvalue weighted by Gasteiger charge is -2.28. The van der Waals surface area contributed by atoms with E-state index in [4.69, 9.17) is 0 Å². The molecule has 0 amide bonds. The number of imidazole rings is 2. The summed E-state index contributed by atoms with van der Waals surface area (Å²) in [7, 11) is 0. The van der Waals surface area contributed by atoms with Gasteiger partial charge in [0.25, 0.3) is 0 Å². The van der Waals surface area contributed by atoms with Crippen molar-refractivity contribution in [3.05, 3.63) is 144 Å². The number of rotatable bonds is 6. The van der Waals surface area contributed by atoms with Crippen LogP contribution in [0.1, 0.15) is 37.8 Å². The minimum atomic E-state index is -0.0231. The molecule has 1 fully saturated rings. The van der Waals surface area contributed by atoms with E-state index >= 15 is 0 Å². The van der Waals surface area contributed by atoms with Gasteiger partial charge in [-0.2, -0.15) is 0 Å². The van der Waals surface area contributed by atoms with Gasteiger partial charge in [0, 0.05) is 22.3 Å². The van der Waals surface area contributed by atoms with E-state index in [0.717, 1.165) is 68.8 Å². The molecule has 0 bridgehead atoms. The fourth-order valence-corrected chi connectivity index (χ4v) is 6.64. The Hall–Kier alpha value is -5.10. The average Bonchev–Trinajstić information content (AvgIpc) is 3.59. The van der Waals surface area contributed by atoms with Crippen molar-refractivity contribution in [2.75, 3.05) is 0 Å². The molecule has 7 rings (SSSR count). The van der Waals surface area contributed by atoms with E-state index in [0.29, 0.717) is 11.4 Å². The largest absolute Gasteiger partial charge is 0.710 e. The molecule has 1 aliphatic rings. The Balaban J connectivity index is 1.44. The third-order valence-corrected chi connectivity index (χ3v) is 8.46. The average molecular weight is 553 g/mol. The first-order chi connectivity index (χ1) is 20.7. The summed E-state index contributed by atoms with van der Waals surface area (Å²) in [6, 6.07) is 40.1. The van der Waals surface area contributed by atoms with Gasteiger partial charge >= 0.3 is 0 Å². The molecule has 0 aliphatic heterocycles. The Morgan fingerprint density at radius 2 is 0.762 bits per heavy atom. The zero-order valence-electron chi connectivity index (χ0n) is 23.3. The van der Waals surface area contributed by atoms with Gasteiger partial charge in [-0.1, -0.05) is 121 Å². The second-order valence-electron chi connectivity index (χ2n) is 11.0. The molecule has 1 aliphatic carbocycles. The van der Waals surface area contributed by atoms with Crippen molar-refractivity contribution in [3.8, 4) is 45.0 Å². The molecule has 6 heteroatoms. The van der Waals surface area contributed by atoms with Crippen LogP contribution in [0.5, 0.6) is 0 Å². The zero-order valence-corrected chi connectivity index (χ0v) is 23.3. The maximum atomic E-state index is 13.7. The highest BCUT2D eigenvalue weighted by molar-refractivity contribution is 5.78. The molecule has 0 unspecified atom stereocenters. The van der Waals surface area contributed by atoms with Crippen LogP contribution in [-0.2, 0) is 0 Å². The van der Waals surface area contributed by atoms with Crippen LogP contribution in [0.15, 0.2) is 134 Å². The van der Waals surface area contributed by atoms with E-state index in [1.54, 1.807) is 12.7 Å². The molecule has 4 aromatic carbocycles. The summed E-state index contributed by atoms with van der Waals surface area (Å²) in [4.78, 5) is 0. The minimum Gasteiger partial charge on any atom is -0.710 e. The standard InChI is InChI=1S/C36H32N4O2/c41-39-25-37(33(27-15-5-1-6-16-27)35(39)29-19-9-3-10-20-29)31-23-13-14-24-32(31)38-26-40(42)36(30-21-11-4-12-22-30)34(38)28-17-7-2-8-18-28/h1-12,15-22,25-26,31-32H,13-14,23-24H2/t31-,32-/m0/s1. The molecule has 2 aromatic heterocycles. The molecule has 6 nitrogen and oxygen atoms in total. The van der Waals surface area contributed by atoms with E-state index in [-0.39, 0.29) is 12.1 Å². The van der Waals surface area contributed by atoms with Gasteiger partial charge in [-0.05, 0) is 25.7 Å². The van der Waals surface area contributed by atoms with E-state index in [2.05, 4.69) is 33.4 Å². The number of hydrogen-bond acceptors (Lipinski definition) is 2. The van der Waals surface area contributed by atoms with Crippen LogP contribution in [0.3, 0.4) is 0 Å². The normalized spacial score (nSPS) is 16.9. The monoisotopic (exact) mass is 552 g/mol. The fourth-order valence-electron chi connectivity index (χ4n) is 6.64. The lowest BCUT2D eigenvalue weighted by molar-refractivity contribution is -0.594. The Labute approximate surface area is 245 Å². The molecule has 0 N–H and O–H groups in total. The van der Waals surface area contributed by atoms with E-state index in [1.807, 2.05) is 97.1 Å². The number of hydrogen-bond donors (Lipinski definition) is 0. The third-order valence-electron chi connectivity index (χ3n) is 8.46. The van der Waals surface area contributed by atoms with Gasteiger partial charge < -0.3 is 10.4 Å². The fraction of sp³-hybridized carbons (Fsp3) is 0.167. The number of nitrogens with zero attached hydrogens (tertiary/aromatic N) is 4. The maximum Gasteiger partial charge on any atom is 0.248 e. The van der Waals surface area contributed by atoms with E-state index in [9.17, 15) is 10.4 Å². The van der Waals surface area contributed by atoms with Crippen molar-refractivity contribution in [1.82, 2.24) is 9.13 Å². The SMILES string of the molecule is [O-][n+]1cn([C@H]2CCCC[C@@H]2n2c[n+]([O-])c(-c3ccccc3)c2-c2ccccc2)c(-c2ccccc2)c1-c1ccccc1. The van der Waals surface area contributed by atoms with Crippen LogP contribution in [0.2, 0.25) is 0 Å². The van der Waals surface area contributed by atoms with Crippen molar-refractivity contribution in [3.63, 3.8) is 0 Å². The zero-order chi connectivity index (χ0) is 28.5. The molecule has 6 aromatic rings. The molecular weight excluding hydrogens is 520 g/mol. The first kappa shape index (κ1) is 25.8. The molecule has 42 heavy (non-hydrogen) atoms. The molecule has 0 saturated heterocycles. The Morgan fingerprint density at radius 1 is 0.452 bits per heavy atom. The second kappa shape index (κ2) is 11.1. The van der Waals surface area contributed by atoms with Crippen LogP contribution in [0.4, 0.5) is 0 Å². The third kappa shape index (κ3) is 4.55. The predicted molar refractivity (Wildman–Crippen MR) is 165 cm³/mol. The topological polar surface area (TPSA) is 63.7 Å². The van der Waals surface area contributed by atoms with Gasteiger partial charge in [-0.15, -0.1) is 0 Å². The van der Waals surface area contributed by atoms with E-state index < -0.39 is 0 Å². The van der Waals surface area contributed by atoms with Crippen molar-refractivity contribution < 1.29 is 9.46 Å². The highest BCUT2D eigenvalue weighted by Crippen LogP contribution is 2.44. The Kier molecular flexibility index (Phi) is 6.80. The summed E-state index contributed by atoms with van der Waals surface area (Å²) in [5, 5.41) is 27.4. The predicted octanol–water partition coefficient (Wildman–Crippen LogP) is 7.58. The van der Waals surface area contributed by atoms with Gasteiger partial charge in [0.1, 0.15) is 12.1 Å². The Bertz CT molecular complexity index is 1660. The van der Waals surface area contributed by atoms with Gasteiger partial charge in [-0.25, -0.2) is 18.6 Å². The minimum absolute atomic E-state index is 0.0231. The summed E-state index contributed by atoms with van der Waals surface area (Å²) >= 11 is 0. The van der Waals surface area contributed by atoms with Crippen molar-refractivity contribution in [2.24, 2.45) is 0 Å². The van der Waals surface area contributed by atoms with Gasteiger partial charge in [0.15, 0.2) is 22.8 Å². The van der Waals surface area contributed by atoms with Gasteiger partial charge in [-0.3, -0.25) is 0 Å². The summed E-state index contributed by atoms with van der Waals surface area (Å²) < 4.78 is 6.39. The van der Waals surface area contributed by atoms with Gasteiger partial charge in [0.2, 0.25) is 12.7 Å². The number of aromatic nitrogens is 4. The molecule has 208 valence electrons. The lowest BCUT2D eigenvalue weighted by Crippen LogP contribution is -2.30.